The summed E-state index contributed by atoms with van der Waals surface area (Å²) in [7, 11) is 0. The van der Waals surface area contributed by atoms with Gasteiger partial charge in [-0.2, -0.15) is 0 Å². The maximum Gasteiger partial charge on any atom is 0.265 e. The van der Waals surface area contributed by atoms with E-state index >= 15 is 0 Å². The first-order valence-electron chi connectivity index (χ1n) is 7.90. The van der Waals surface area contributed by atoms with Crippen LogP contribution in [0.4, 0.5) is 0 Å². The van der Waals surface area contributed by atoms with Gasteiger partial charge in [-0.25, -0.2) is 4.98 Å². The first-order valence-corrected chi connectivity index (χ1v) is 9.26. The second kappa shape index (κ2) is 8.24. The Bertz CT molecular complexity index is 1020. The van der Waals surface area contributed by atoms with E-state index in [1.165, 1.54) is 0 Å². The topological polar surface area (TPSA) is 59.3 Å². The lowest BCUT2D eigenvalue weighted by molar-refractivity contribution is 0.885. The van der Waals surface area contributed by atoms with Gasteiger partial charge in [-0.3, -0.25) is 14.4 Å². The van der Waals surface area contributed by atoms with E-state index in [1.54, 1.807) is 34.5 Å². The Hall–Kier alpha value is -1.83. The van der Waals surface area contributed by atoms with Gasteiger partial charge in [-0.05, 0) is 36.4 Å². The molecule has 0 radical (unpaired) electrons. The predicted octanol–water partition coefficient (Wildman–Crippen LogP) is 3.81. The third-order valence-corrected chi connectivity index (χ3v) is 5.11. The Kier molecular flexibility index (Phi) is 6.01. The van der Waals surface area contributed by atoms with Gasteiger partial charge in [0.25, 0.3) is 5.56 Å². The molecule has 0 atom stereocenters. The summed E-state index contributed by atoms with van der Waals surface area (Å²) in [5.41, 5.74) is 1.38. The Morgan fingerprint density at radius 3 is 2.65 bits per heavy atom. The smallest absolute Gasteiger partial charge is 0.265 e. The molecular weight excluding hydrogens is 436 g/mol. The van der Waals surface area contributed by atoms with Crippen LogP contribution in [-0.2, 0) is 5.75 Å². The van der Waals surface area contributed by atoms with E-state index in [-0.39, 0.29) is 22.5 Å². The summed E-state index contributed by atoms with van der Waals surface area (Å²) in [4.78, 5) is 22.2. The predicted molar refractivity (Wildman–Crippen MR) is 114 cm³/mol. The van der Waals surface area contributed by atoms with Gasteiger partial charge in [0.15, 0.2) is 5.17 Å². The molecule has 0 unspecified atom stereocenters. The highest BCUT2D eigenvalue weighted by Crippen LogP contribution is 2.19. The normalized spacial score (nSPS) is 13.2. The average molecular weight is 452 g/mol. The number of halogens is 2. The number of amidine groups is 1. The molecule has 1 N–H and O–H groups in total. The minimum Gasteiger partial charge on any atom is -0.363 e. The van der Waals surface area contributed by atoms with E-state index in [4.69, 9.17) is 16.6 Å². The second-order valence-corrected chi connectivity index (χ2v) is 6.96. The number of aromatic nitrogens is 2. The van der Waals surface area contributed by atoms with Gasteiger partial charge in [0, 0.05) is 11.6 Å². The van der Waals surface area contributed by atoms with Crippen LogP contribution < -0.4 is 10.9 Å². The number of nitrogens with zero attached hydrogens (tertiary/aromatic N) is 3. The van der Waals surface area contributed by atoms with Crippen molar-refractivity contribution in [3.05, 3.63) is 69.7 Å². The van der Waals surface area contributed by atoms with Crippen molar-refractivity contribution in [3.63, 3.8) is 0 Å². The number of fused-ring (bicyclic) bond motifs is 1. The summed E-state index contributed by atoms with van der Waals surface area (Å²) in [6.07, 6.45) is 0. The lowest BCUT2D eigenvalue weighted by Crippen LogP contribution is -2.24. The molecule has 1 aromatic heterocycles. The first kappa shape index (κ1) is 18.9. The van der Waals surface area contributed by atoms with Crippen LogP contribution in [0.25, 0.3) is 16.6 Å². The van der Waals surface area contributed by atoms with Crippen molar-refractivity contribution in [3.8, 4) is 5.69 Å². The average Bonchev–Trinajstić information content (AvgIpc) is 3.15. The van der Waals surface area contributed by atoms with Crippen LogP contribution in [0.3, 0.4) is 0 Å². The summed E-state index contributed by atoms with van der Waals surface area (Å²) >= 11 is 7.55. The number of hydrogen-bond acceptors (Lipinski definition) is 5. The van der Waals surface area contributed by atoms with Crippen LogP contribution in [0, 0.1) is 0 Å². The number of para-hydroxylation sites is 1. The van der Waals surface area contributed by atoms with Gasteiger partial charge < -0.3 is 5.32 Å². The third kappa shape index (κ3) is 3.79. The van der Waals surface area contributed by atoms with Crippen LogP contribution >= 0.6 is 40.3 Å². The molecule has 1 aliphatic rings. The van der Waals surface area contributed by atoms with Crippen molar-refractivity contribution in [2.45, 2.75) is 5.75 Å². The molecule has 0 fully saturated rings. The highest BCUT2D eigenvalue weighted by atomic mass is 79.9. The molecule has 134 valence electrons. The van der Waals surface area contributed by atoms with Crippen molar-refractivity contribution in [2.24, 2.45) is 4.99 Å². The van der Waals surface area contributed by atoms with Gasteiger partial charge in [0.05, 0.1) is 28.9 Å². The molecule has 0 saturated carbocycles. The van der Waals surface area contributed by atoms with Crippen LogP contribution in [0.2, 0.25) is 5.02 Å². The maximum absolute atomic E-state index is 13.1. The molecule has 0 bridgehead atoms. The molecule has 26 heavy (non-hydrogen) atoms. The van der Waals surface area contributed by atoms with E-state index in [1.807, 2.05) is 30.3 Å². The largest absolute Gasteiger partial charge is 0.363 e. The van der Waals surface area contributed by atoms with Crippen molar-refractivity contribution in [1.82, 2.24) is 14.9 Å². The summed E-state index contributed by atoms with van der Waals surface area (Å²) < 4.78 is 1.65. The molecule has 5 nitrogen and oxygen atoms in total. The lowest BCUT2D eigenvalue weighted by Gasteiger charge is -2.13. The third-order valence-electron chi connectivity index (χ3n) is 3.91. The van der Waals surface area contributed by atoms with E-state index in [0.29, 0.717) is 27.5 Å². The number of benzene rings is 2. The molecule has 4 rings (SSSR count). The number of thioether (sulfide) groups is 1. The van der Waals surface area contributed by atoms with Gasteiger partial charge in [-0.15, -0.1) is 17.0 Å². The fraction of sp³-hybridized carbons (Fsp3) is 0.167. The zero-order valence-corrected chi connectivity index (χ0v) is 17.0. The molecule has 2 heterocycles. The molecule has 0 saturated heterocycles. The molecule has 0 amide bonds. The van der Waals surface area contributed by atoms with Crippen LogP contribution in [-0.4, -0.2) is 27.8 Å². The molecule has 2 aromatic carbocycles. The highest BCUT2D eigenvalue weighted by molar-refractivity contribution is 8.93. The van der Waals surface area contributed by atoms with Gasteiger partial charge in [-0.1, -0.05) is 35.5 Å². The Morgan fingerprint density at radius 1 is 1.15 bits per heavy atom. The van der Waals surface area contributed by atoms with Crippen molar-refractivity contribution < 1.29 is 0 Å². The van der Waals surface area contributed by atoms with Gasteiger partial charge >= 0.3 is 0 Å². The number of rotatable bonds is 3. The maximum atomic E-state index is 13.1. The van der Waals surface area contributed by atoms with Crippen LogP contribution in [0.1, 0.15) is 5.82 Å². The van der Waals surface area contributed by atoms with Crippen LogP contribution in [0.15, 0.2) is 58.3 Å². The minimum atomic E-state index is -0.0788. The SMILES string of the molecule is Br.O=c1c2ccccc2nc(CSC2=NCCN2)n1-c1ccc(Cl)cc1. The molecule has 1 aliphatic heterocycles. The summed E-state index contributed by atoms with van der Waals surface area (Å²) in [5.74, 6) is 1.24. The summed E-state index contributed by atoms with van der Waals surface area (Å²) in [6.45, 7) is 1.65. The molecular formula is C18H16BrClN4OS. The van der Waals surface area contributed by atoms with Crippen LogP contribution in [0.5, 0.6) is 0 Å². The molecule has 0 aliphatic carbocycles. The molecule has 8 heteroatoms. The highest BCUT2D eigenvalue weighted by Gasteiger charge is 2.14. The number of aliphatic imine (C=N–C) groups is 1. The Morgan fingerprint density at radius 2 is 1.92 bits per heavy atom. The molecule has 3 aromatic rings. The van der Waals surface area contributed by atoms with E-state index in [9.17, 15) is 4.79 Å². The van der Waals surface area contributed by atoms with E-state index in [2.05, 4.69) is 10.3 Å². The fourth-order valence-corrected chi connectivity index (χ4v) is 3.71. The summed E-state index contributed by atoms with van der Waals surface area (Å²) in [5, 5.41) is 5.35. The zero-order chi connectivity index (χ0) is 17.2. The lowest BCUT2D eigenvalue weighted by atomic mass is 10.2. The van der Waals surface area contributed by atoms with Gasteiger partial charge in [0.1, 0.15) is 5.82 Å². The Balaban J connectivity index is 0.00000196. The van der Waals surface area contributed by atoms with Crippen molar-refractivity contribution in [1.29, 1.82) is 0 Å². The van der Waals surface area contributed by atoms with Crippen molar-refractivity contribution in [2.75, 3.05) is 13.1 Å². The number of hydrogen-bond donors (Lipinski definition) is 1. The van der Waals surface area contributed by atoms with Crippen molar-refractivity contribution >= 4 is 56.4 Å². The zero-order valence-electron chi connectivity index (χ0n) is 13.7. The van der Waals surface area contributed by atoms with Gasteiger partial charge in [0.2, 0.25) is 0 Å². The number of nitrogens with one attached hydrogen (secondary N) is 1. The monoisotopic (exact) mass is 450 g/mol. The van der Waals surface area contributed by atoms with E-state index < -0.39 is 0 Å². The molecule has 0 spiro atoms. The first-order chi connectivity index (χ1) is 12.2. The second-order valence-electron chi connectivity index (χ2n) is 5.56. The summed E-state index contributed by atoms with van der Waals surface area (Å²) in [6, 6.07) is 14.6. The minimum absolute atomic E-state index is 0. The standard InChI is InChI=1S/C18H15ClN4OS.BrH/c19-12-5-7-13(8-6-12)23-16(11-25-18-20-9-10-21-18)22-15-4-2-1-3-14(15)17(23)24;/h1-8H,9-11H2,(H,20,21);1H. The quantitative estimate of drug-likeness (QED) is 0.658. The fourth-order valence-electron chi connectivity index (χ4n) is 2.74. The van der Waals surface area contributed by atoms with E-state index in [0.717, 1.165) is 23.9 Å². The Labute approximate surface area is 170 Å².